The van der Waals surface area contributed by atoms with Crippen molar-refractivity contribution in [3.63, 3.8) is 0 Å². The van der Waals surface area contributed by atoms with Gasteiger partial charge in [0.1, 0.15) is 11.4 Å². The second kappa shape index (κ2) is 7.13. The van der Waals surface area contributed by atoms with Gasteiger partial charge in [-0.15, -0.1) is 0 Å². The summed E-state index contributed by atoms with van der Waals surface area (Å²) >= 11 is 0. The van der Waals surface area contributed by atoms with Gasteiger partial charge in [0, 0.05) is 0 Å². The molecule has 1 aromatic carbocycles. The van der Waals surface area contributed by atoms with Crippen molar-refractivity contribution in [2.75, 3.05) is 0 Å². The third kappa shape index (κ3) is 6.15. The van der Waals surface area contributed by atoms with Crippen molar-refractivity contribution in [3.8, 4) is 5.75 Å². The highest BCUT2D eigenvalue weighted by Crippen LogP contribution is 2.25. The van der Waals surface area contributed by atoms with Crippen LogP contribution in [-0.2, 0) is 9.39 Å². The highest BCUT2D eigenvalue weighted by molar-refractivity contribution is 6.60. The van der Waals surface area contributed by atoms with E-state index in [4.69, 9.17) is 14.1 Å². The standard InChI is InChI=1S/C17H27BO6/c1-15(2,3)23-14(19)22-13-10-8-9-12(11-13)18(21)24-17(6,7)16(4,5)20/h8-11,20-21H,1-7H3. The van der Waals surface area contributed by atoms with Crippen molar-refractivity contribution >= 4 is 18.7 Å². The fraction of sp³-hybridized carbons (Fsp3) is 0.588. The van der Waals surface area contributed by atoms with E-state index < -0.39 is 30.1 Å². The minimum absolute atomic E-state index is 0.227. The van der Waals surface area contributed by atoms with Gasteiger partial charge in [0.15, 0.2) is 0 Å². The molecule has 0 fully saturated rings. The molecule has 0 saturated heterocycles. The predicted octanol–water partition coefficient (Wildman–Crippen LogP) is 2.25. The molecule has 6 nitrogen and oxygen atoms in total. The van der Waals surface area contributed by atoms with Crippen molar-refractivity contribution < 1.29 is 29.1 Å². The summed E-state index contributed by atoms with van der Waals surface area (Å²) in [7, 11) is -1.28. The minimum atomic E-state index is -1.28. The Morgan fingerprint density at radius 2 is 1.67 bits per heavy atom. The maximum absolute atomic E-state index is 11.7. The fourth-order valence-corrected chi connectivity index (χ4v) is 1.59. The van der Waals surface area contributed by atoms with Crippen LogP contribution in [0.3, 0.4) is 0 Å². The Balaban J connectivity index is 2.83. The molecule has 0 saturated carbocycles. The molecule has 24 heavy (non-hydrogen) atoms. The van der Waals surface area contributed by atoms with Crippen molar-refractivity contribution in [2.24, 2.45) is 0 Å². The molecule has 0 unspecified atom stereocenters. The molecule has 0 aliphatic heterocycles. The van der Waals surface area contributed by atoms with Crippen molar-refractivity contribution in [1.29, 1.82) is 0 Å². The van der Waals surface area contributed by atoms with Gasteiger partial charge in [-0.3, -0.25) is 0 Å². The molecule has 2 N–H and O–H groups in total. The zero-order valence-corrected chi connectivity index (χ0v) is 15.4. The van der Waals surface area contributed by atoms with Crippen LogP contribution < -0.4 is 10.2 Å². The van der Waals surface area contributed by atoms with Gasteiger partial charge in [0.05, 0.1) is 11.2 Å². The molecule has 0 amide bonds. The van der Waals surface area contributed by atoms with Gasteiger partial charge in [0.25, 0.3) is 0 Å². The summed E-state index contributed by atoms with van der Waals surface area (Å²) in [5.74, 6) is 0.227. The van der Waals surface area contributed by atoms with Gasteiger partial charge in [-0.2, -0.15) is 0 Å². The summed E-state index contributed by atoms with van der Waals surface area (Å²) in [6.07, 6.45) is -0.827. The lowest BCUT2D eigenvalue weighted by molar-refractivity contribution is -0.0982. The number of hydrogen-bond donors (Lipinski definition) is 2. The summed E-state index contributed by atoms with van der Waals surface area (Å²) in [6.45, 7) is 11.8. The van der Waals surface area contributed by atoms with Gasteiger partial charge in [-0.1, -0.05) is 12.1 Å². The van der Waals surface area contributed by atoms with Crippen LogP contribution >= 0.6 is 0 Å². The van der Waals surface area contributed by atoms with Crippen molar-refractivity contribution in [2.45, 2.75) is 65.3 Å². The first-order valence-corrected chi connectivity index (χ1v) is 7.80. The quantitative estimate of drug-likeness (QED) is 0.487. The monoisotopic (exact) mass is 338 g/mol. The summed E-state index contributed by atoms with van der Waals surface area (Å²) in [4.78, 5) is 11.7. The van der Waals surface area contributed by atoms with Crippen molar-refractivity contribution in [1.82, 2.24) is 0 Å². The highest BCUT2D eigenvalue weighted by Gasteiger charge is 2.39. The van der Waals surface area contributed by atoms with Gasteiger partial charge < -0.3 is 24.3 Å². The van der Waals surface area contributed by atoms with E-state index in [1.54, 1.807) is 66.7 Å². The topological polar surface area (TPSA) is 85.2 Å². The molecule has 1 rings (SSSR count). The lowest BCUT2D eigenvalue weighted by Crippen LogP contribution is -2.53. The third-order valence-electron chi connectivity index (χ3n) is 3.61. The first-order chi connectivity index (χ1) is 10.7. The van der Waals surface area contributed by atoms with E-state index in [2.05, 4.69) is 0 Å². The van der Waals surface area contributed by atoms with Gasteiger partial charge in [0.2, 0.25) is 0 Å². The van der Waals surface area contributed by atoms with Crippen LogP contribution in [0.2, 0.25) is 0 Å². The number of carbonyl (C=O) groups is 1. The molecular formula is C17H27BO6. The number of hydrogen-bond acceptors (Lipinski definition) is 6. The summed E-state index contributed by atoms with van der Waals surface area (Å²) in [6, 6.07) is 6.31. The molecule has 134 valence electrons. The molecule has 0 heterocycles. The van der Waals surface area contributed by atoms with E-state index in [0.29, 0.717) is 5.46 Å². The van der Waals surface area contributed by atoms with E-state index in [9.17, 15) is 14.9 Å². The molecule has 0 bridgehead atoms. The Morgan fingerprint density at radius 3 is 2.17 bits per heavy atom. The van der Waals surface area contributed by atoms with Crippen LogP contribution in [0.1, 0.15) is 48.5 Å². The second-order valence-electron chi connectivity index (χ2n) is 7.68. The Labute approximate surface area is 143 Å². The van der Waals surface area contributed by atoms with Gasteiger partial charge in [-0.05, 0) is 66.1 Å². The van der Waals surface area contributed by atoms with Crippen LogP contribution in [0, 0.1) is 0 Å². The lowest BCUT2D eigenvalue weighted by Gasteiger charge is -2.38. The molecule has 0 aromatic heterocycles. The van der Waals surface area contributed by atoms with E-state index in [0.717, 1.165) is 0 Å². The molecule has 0 aliphatic rings. The molecule has 0 aliphatic carbocycles. The van der Waals surface area contributed by atoms with Crippen LogP contribution in [-0.4, -0.2) is 40.2 Å². The Hall–Kier alpha value is -1.57. The molecule has 0 atom stereocenters. The second-order valence-corrected chi connectivity index (χ2v) is 7.68. The number of ether oxygens (including phenoxy) is 2. The third-order valence-corrected chi connectivity index (χ3v) is 3.61. The summed E-state index contributed by atoms with van der Waals surface area (Å²) in [5, 5.41) is 20.4. The maximum atomic E-state index is 11.7. The lowest BCUT2D eigenvalue weighted by atomic mass is 9.76. The normalized spacial score (nSPS) is 12.7. The number of carbonyl (C=O) groups excluding carboxylic acids is 1. The van der Waals surface area contributed by atoms with E-state index in [1.165, 1.54) is 6.07 Å². The Morgan fingerprint density at radius 1 is 1.08 bits per heavy atom. The number of rotatable bonds is 5. The average molecular weight is 338 g/mol. The first kappa shape index (κ1) is 20.5. The number of benzene rings is 1. The van der Waals surface area contributed by atoms with Crippen LogP contribution in [0.4, 0.5) is 4.79 Å². The predicted molar refractivity (Wildman–Crippen MR) is 92.4 cm³/mol. The molecule has 0 spiro atoms. The maximum Gasteiger partial charge on any atom is 0.514 e. The van der Waals surface area contributed by atoms with Gasteiger partial charge in [-0.25, -0.2) is 4.79 Å². The molecular weight excluding hydrogens is 311 g/mol. The van der Waals surface area contributed by atoms with Crippen LogP contribution in [0.15, 0.2) is 24.3 Å². The molecule has 0 radical (unpaired) electrons. The number of aliphatic hydroxyl groups is 1. The van der Waals surface area contributed by atoms with Crippen LogP contribution in [0.25, 0.3) is 0 Å². The Kier molecular flexibility index (Phi) is 6.08. The smallest absolute Gasteiger partial charge is 0.428 e. The highest BCUT2D eigenvalue weighted by atomic mass is 16.7. The van der Waals surface area contributed by atoms with E-state index in [1.807, 2.05) is 0 Å². The van der Waals surface area contributed by atoms with Crippen LogP contribution in [0.5, 0.6) is 5.75 Å². The largest absolute Gasteiger partial charge is 0.514 e. The average Bonchev–Trinajstić information content (AvgIpc) is 2.34. The minimum Gasteiger partial charge on any atom is -0.428 e. The molecule has 1 aromatic rings. The fourth-order valence-electron chi connectivity index (χ4n) is 1.59. The van der Waals surface area contributed by atoms with E-state index >= 15 is 0 Å². The summed E-state index contributed by atoms with van der Waals surface area (Å²) in [5.41, 5.74) is -2.41. The summed E-state index contributed by atoms with van der Waals surface area (Å²) < 4.78 is 15.7. The zero-order valence-electron chi connectivity index (χ0n) is 15.4. The molecule has 7 heteroatoms. The first-order valence-electron chi connectivity index (χ1n) is 7.80. The van der Waals surface area contributed by atoms with Crippen molar-refractivity contribution in [3.05, 3.63) is 24.3 Å². The van der Waals surface area contributed by atoms with Gasteiger partial charge >= 0.3 is 13.3 Å². The van der Waals surface area contributed by atoms with E-state index in [-0.39, 0.29) is 5.75 Å². The zero-order chi connectivity index (χ0) is 18.8. The SMILES string of the molecule is CC(C)(C)OC(=O)Oc1cccc(B(O)OC(C)(C)C(C)(C)O)c1. The Bertz CT molecular complexity index is 571.